The van der Waals surface area contributed by atoms with Crippen LogP contribution >= 0.6 is 0 Å². The van der Waals surface area contributed by atoms with Gasteiger partial charge < -0.3 is 9.47 Å². The average molecular weight is 449 g/mol. The molecule has 31 heavy (non-hydrogen) atoms. The van der Waals surface area contributed by atoms with Crippen molar-refractivity contribution in [1.82, 2.24) is 4.90 Å². The summed E-state index contributed by atoms with van der Waals surface area (Å²) in [6, 6.07) is 8.72. The van der Waals surface area contributed by atoms with Crippen molar-refractivity contribution in [1.29, 1.82) is 0 Å². The lowest BCUT2D eigenvalue weighted by Crippen LogP contribution is -2.49. The first-order valence-electron chi connectivity index (χ1n) is 8.64. The van der Waals surface area contributed by atoms with E-state index >= 15 is 0 Å². The number of nitro benzene ring substituents is 2. The van der Waals surface area contributed by atoms with Crippen molar-refractivity contribution in [2.24, 2.45) is 8.80 Å². The monoisotopic (exact) mass is 449 g/mol. The highest BCUT2D eigenvalue weighted by atomic mass is 32.2. The van der Waals surface area contributed by atoms with E-state index in [-0.39, 0.29) is 34.9 Å². The maximum absolute atomic E-state index is 12.2. The Balaban J connectivity index is 1.90. The molecule has 0 saturated carbocycles. The summed E-state index contributed by atoms with van der Waals surface area (Å²) in [4.78, 5) is 21.7. The minimum absolute atomic E-state index is 0.0989. The molecule has 2 aromatic carbocycles. The van der Waals surface area contributed by atoms with Gasteiger partial charge in [0.15, 0.2) is 0 Å². The maximum atomic E-state index is 12.2. The molecule has 14 heteroatoms. The van der Waals surface area contributed by atoms with Crippen LogP contribution in [0.4, 0.5) is 11.4 Å². The molecule has 2 aromatic rings. The van der Waals surface area contributed by atoms with Crippen molar-refractivity contribution in [3.63, 3.8) is 0 Å². The Bertz CT molecular complexity index is 1090. The molecule has 1 heterocycles. The Morgan fingerprint density at radius 3 is 1.45 bits per heavy atom. The van der Waals surface area contributed by atoms with Gasteiger partial charge in [-0.3, -0.25) is 20.2 Å². The second kappa shape index (κ2) is 8.35. The highest BCUT2D eigenvalue weighted by Crippen LogP contribution is 2.23. The first-order chi connectivity index (χ1) is 14.6. The normalized spacial score (nSPS) is 15.1. The molecular weight excluding hydrogens is 434 g/mol. The molecule has 0 N–H and O–H groups in total. The third-order valence-corrected chi connectivity index (χ3v) is 4.60. The summed E-state index contributed by atoms with van der Waals surface area (Å²) in [5.74, 6) is 0.198. The van der Waals surface area contributed by atoms with E-state index in [9.17, 15) is 28.6 Å². The fourth-order valence-corrected chi connectivity index (χ4v) is 3.13. The minimum Gasteiger partial charge on any atom is -0.425 e. The van der Waals surface area contributed by atoms with E-state index in [1.165, 1.54) is 53.4 Å². The fraction of sp³-hybridized carbons (Fsp3) is 0.176. The summed E-state index contributed by atoms with van der Waals surface area (Å²) in [5, 5.41) is 21.6. The van der Waals surface area contributed by atoms with E-state index in [0.717, 1.165) is 0 Å². The predicted molar refractivity (Wildman–Crippen MR) is 108 cm³/mol. The molecule has 0 radical (unpaired) electrons. The second-order valence-electron chi connectivity index (χ2n) is 6.37. The summed E-state index contributed by atoms with van der Waals surface area (Å²) < 4.78 is 42.4. The molecule has 162 valence electrons. The molecule has 1 aliphatic heterocycles. The zero-order valence-electron chi connectivity index (χ0n) is 16.1. The van der Waals surface area contributed by atoms with Crippen molar-refractivity contribution in [2.45, 2.75) is 19.9 Å². The van der Waals surface area contributed by atoms with Crippen LogP contribution in [0.5, 0.6) is 11.5 Å². The molecule has 0 unspecified atom stereocenters. The van der Waals surface area contributed by atoms with E-state index in [2.05, 4.69) is 8.80 Å². The van der Waals surface area contributed by atoms with Gasteiger partial charge in [-0.05, 0) is 38.1 Å². The Kier molecular flexibility index (Phi) is 5.83. The quantitative estimate of drug-likeness (QED) is 0.492. The summed E-state index contributed by atoms with van der Waals surface area (Å²) in [7, 11) is -4.36. The molecule has 0 atom stereocenters. The van der Waals surface area contributed by atoms with E-state index in [1.54, 1.807) is 13.8 Å². The maximum Gasteiger partial charge on any atom is 0.372 e. The van der Waals surface area contributed by atoms with Crippen LogP contribution in [0.3, 0.4) is 0 Å². The van der Waals surface area contributed by atoms with Gasteiger partial charge in [0.25, 0.3) is 11.4 Å². The third kappa shape index (κ3) is 5.11. The average Bonchev–Trinajstić information content (AvgIpc) is 2.67. The molecule has 0 aromatic heterocycles. The van der Waals surface area contributed by atoms with Gasteiger partial charge >= 0.3 is 22.3 Å². The lowest BCUT2D eigenvalue weighted by atomic mass is 10.3. The molecule has 0 spiro atoms. The zero-order chi connectivity index (χ0) is 22.8. The van der Waals surface area contributed by atoms with Crippen molar-refractivity contribution < 1.29 is 27.7 Å². The first kappa shape index (κ1) is 21.6. The van der Waals surface area contributed by atoms with Gasteiger partial charge in [-0.1, -0.05) is 8.80 Å². The lowest BCUT2D eigenvalue weighted by Gasteiger charge is -2.30. The number of nitro groups is 2. The van der Waals surface area contributed by atoms with Gasteiger partial charge in [-0.25, -0.2) is 4.90 Å². The zero-order valence-corrected chi connectivity index (χ0v) is 16.9. The smallest absolute Gasteiger partial charge is 0.372 e. The number of hydrogen-bond donors (Lipinski definition) is 0. The number of rotatable bonds is 5. The predicted octanol–water partition coefficient (Wildman–Crippen LogP) is 2.64. The highest BCUT2D eigenvalue weighted by Gasteiger charge is 2.33. The number of nitrogens with zero attached hydrogens (tertiary/aromatic N) is 5. The van der Waals surface area contributed by atoms with Crippen LogP contribution in [-0.2, 0) is 10.2 Å². The Labute approximate surface area is 175 Å². The van der Waals surface area contributed by atoms with Gasteiger partial charge in [0, 0.05) is 30.3 Å². The fourth-order valence-electron chi connectivity index (χ4n) is 2.45. The van der Waals surface area contributed by atoms with E-state index in [1.807, 2.05) is 0 Å². The number of benzene rings is 2. The number of non-ortho nitro benzene ring substituents is 2. The van der Waals surface area contributed by atoms with Crippen molar-refractivity contribution in [2.75, 3.05) is 0 Å². The minimum atomic E-state index is -4.36. The summed E-state index contributed by atoms with van der Waals surface area (Å²) in [6.07, 6.45) is 0. The van der Waals surface area contributed by atoms with Crippen molar-refractivity contribution in [3.05, 3.63) is 68.8 Å². The standard InChI is InChI=1S/C17H15N5O8S/c1-11(2)20-16(29-14-7-3-12(4-8-14)21(23)24)18-31(27,28)19-17(20)30-15-9-5-13(6-10-15)22(25)26/h3-11H,1-2H3. The number of hydrogen-bond acceptors (Lipinski definition) is 9. The topological polar surface area (TPSA) is 167 Å². The molecule has 0 aliphatic carbocycles. The summed E-state index contributed by atoms with van der Waals surface area (Å²) in [5.41, 5.74) is -0.343. The van der Waals surface area contributed by atoms with Gasteiger partial charge in [0.2, 0.25) is 0 Å². The van der Waals surface area contributed by atoms with Crippen LogP contribution in [-0.4, -0.2) is 41.2 Å². The van der Waals surface area contributed by atoms with Gasteiger partial charge in [-0.2, -0.15) is 8.42 Å². The lowest BCUT2D eigenvalue weighted by molar-refractivity contribution is -0.385. The van der Waals surface area contributed by atoms with Crippen molar-refractivity contribution >= 4 is 33.6 Å². The molecule has 0 amide bonds. The highest BCUT2D eigenvalue weighted by molar-refractivity contribution is 7.89. The van der Waals surface area contributed by atoms with Crippen LogP contribution in [0.25, 0.3) is 0 Å². The molecule has 0 fully saturated rings. The second-order valence-corrected chi connectivity index (χ2v) is 7.63. The molecule has 0 saturated heterocycles. The molecule has 1 aliphatic rings. The molecule has 3 rings (SSSR count). The van der Waals surface area contributed by atoms with Crippen LogP contribution in [0.1, 0.15) is 13.8 Å². The van der Waals surface area contributed by atoms with Crippen LogP contribution in [0.2, 0.25) is 0 Å². The molecular formula is C17H15N5O8S. The Morgan fingerprint density at radius 2 is 1.16 bits per heavy atom. The van der Waals surface area contributed by atoms with Crippen LogP contribution < -0.4 is 9.47 Å². The van der Waals surface area contributed by atoms with E-state index in [4.69, 9.17) is 9.47 Å². The largest absolute Gasteiger partial charge is 0.425 e. The number of ether oxygens (including phenoxy) is 2. The van der Waals surface area contributed by atoms with Crippen LogP contribution in [0, 0.1) is 20.2 Å². The molecule has 13 nitrogen and oxygen atoms in total. The third-order valence-electron chi connectivity index (χ3n) is 3.83. The Hall–Kier alpha value is -4.07. The van der Waals surface area contributed by atoms with E-state index in [0.29, 0.717) is 0 Å². The SMILES string of the molecule is CC(C)N1C(Oc2ccc([N+](=O)[O-])cc2)=NS(=O)(=O)N=C1Oc1ccc([N+](=O)[O-])cc1. The van der Waals surface area contributed by atoms with Crippen molar-refractivity contribution in [3.8, 4) is 11.5 Å². The first-order valence-corrected chi connectivity index (χ1v) is 10.0. The number of amidine groups is 2. The van der Waals surface area contributed by atoms with E-state index < -0.39 is 26.1 Å². The Morgan fingerprint density at radius 1 is 0.806 bits per heavy atom. The van der Waals surface area contributed by atoms with Gasteiger partial charge in [0.05, 0.1) is 9.85 Å². The van der Waals surface area contributed by atoms with Gasteiger partial charge in [-0.15, -0.1) is 0 Å². The summed E-state index contributed by atoms with van der Waals surface area (Å²) >= 11 is 0. The summed E-state index contributed by atoms with van der Waals surface area (Å²) in [6.45, 7) is 3.39. The molecule has 0 bridgehead atoms. The van der Waals surface area contributed by atoms with Gasteiger partial charge in [0.1, 0.15) is 11.5 Å². The van der Waals surface area contributed by atoms with Crippen LogP contribution in [0.15, 0.2) is 57.3 Å².